The summed E-state index contributed by atoms with van der Waals surface area (Å²) in [4.78, 5) is 28.7. The van der Waals surface area contributed by atoms with Crippen molar-refractivity contribution in [2.45, 2.75) is 44.2 Å². The second kappa shape index (κ2) is 6.65. The van der Waals surface area contributed by atoms with Crippen molar-refractivity contribution in [3.05, 3.63) is 35.4 Å². The number of fused-ring (bicyclic) bond motifs is 2. The number of hydrogen-bond acceptors (Lipinski definition) is 4. The number of rotatable bonds is 4. The Morgan fingerprint density at radius 1 is 1.00 bits per heavy atom. The van der Waals surface area contributed by atoms with Crippen LogP contribution in [0.3, 0.4) is 0 Å². The maximum absolute atomic E-state index is 12.4. The molecule has 2 atom stereocenters. The molecular formula is C19H24N2O3. The van der Waals surface area contributed by atoms with E-state index < -0.39 is 0 Å². The first-order valence-electron chi connectivity index (χ1n) is 9.06. The fraction of sp³-hybridized carbons (Fsp3) is 0.579. The molecule has 5 nitrogen and oxygen atoms in total. The fourth-order valence-corrected chi connectivity index (χ4v) is 4.33. The number of morpholine rings is 1. The van der Waals surface area contributed by atoms with Crippen molar-refractivity contribution in [1.29, 1.82) is 0 Å². The van der Waals surface area contributed by atoms with Crippen LogP contribution in [0.25, 0.3) is 0 Å². The Hall–Kier alpha value is -1.72. The van der Waals surface area contributed by atoms with E-state index in [2.05, 4.69) is 4.90 Å². The van der Waals surface area contributed by atoms with Gasteiger partial charge in [0.2, 0.25) is 0 Å². The minimum atomic E-state index is -0.145. The van der Waals surface area contributed by atoms with Crippen molar-refractivity contribution in [2.75, 3.05) is 26.2 Å². The number of amides is 2. The third-order valence-corrected chi connectivity index (χ3v) is 5.55. The van der Waals surface area contributed by atoms with Crippen LogP contribution >= 0.6 is 0 Å². The molecule has 0 radical (unpaired) electrons. The molecule has 1 saturated carbocycles. The molecule has 3 aliphatic rings. The first-order valence-corrected chi connectivity index (χ1v) is 9.06. The van der Waals surface area contributed by atoms with Gasteiger partial charge in [-0.2, -0.15) is 0 Å². The van der Waals surface area contributed by atoms with Gasteiger partial charge in [-0.25, -0.2) is 0 Å². The van der Waals surface area contributed by atoms with Gasteiger partial charge in [0.1, 0.15) is 0 Å². The summed E-state index contributed by atoms with van der Waals surface area (Å²) in [7, 11) is 0. The zero-order valence-corrected chi connectivity index (χ0v) is 13.9. The third-order valence-electron chi connectivity index (χ3n) is 5.55. The lowest BCUT2D eigenvalue weighted by molar-refractivity contribution is -0.0883. The average molecular weight is 328 g/mol. The molecule has 1 aromatic rings. The van der Waals surface area contributed by atoms with Gasteiger partial charge in [0.05, 0.1) is 23.8 Å². The topological polar surface area (TPSA) is 49.9 Å². The van der Waals surface area contributed by atoms with Crippen LogP contribution in [-0.2, 0) is 4.74 Å². The number of nitrogens with zero attached hydrogens (tertiary/aromatic N) is 2. The average Bonchev–Trinajstić information content (AvgIpc) is 2.87. The Bertz CT molecular complexity index is 608. The van der Waals surface area contributed by atoms with Crippen LogP contribution < -0.4 is 0 Å². The minimum Gasteiger partial charge on any atom is -0.375 e. The van der Waals surface area contributed by atoms with Crippen molar-refractivity contribution >= 4 is 11.8 Å². The minimum absolute atomic E-state index is 0.145. The summed E-state index contributed by atoms with van der Waals surface area (Å²) in [6.07, 6.45) is 6.13. The van der Waals surface area contributed by atoms with E-state index in [1.54, 1.807) is 12.1 Å². The molecule has 1 aromatic carbocycles. The number of carbonyl (C=O) groups is 2. The standard InChI is InChI=1S/C19H24N2O3/c22-18-14-6-1-2-7-15(14)19(23)21(18)11-5-10-20-12-13-24-17-9-4-3-8-16(17)20/h1-2,6-7,16-17H,3-5,8-13H2/t16-,17+/m1/s1. The van der Waals surface area contributed by atoms with Crippen LogP contribution in [-0.4, -0.2) is 60.0 Å². The van der Waals surface area contributed by atoms with E-state index in [1.165, 1.54) is 30.6 Å². The molecule has 2 fully saturated rings. The van der Waals surface area contributed by atoms with Gasteiger partial charge in [-0.1, -0.05) is 25.0 Å². The maximum atomic E-state index is 12.4. The Kier molecular flexibility index (Phi) is 4.37. The van der Waals surface area contributed by atoms with E-state index >= 15 is 0 Å². The zero-order chi connectivity index (χ0) is 16.5. The summed E-state index contributed by atoms with van der Waals surface area (Å²) in [6.45, 7) is 3.19. The van der Waals surface area contributed by atoms with Gasteiger partial charge < -0.3 is 4.74 Å². The summed E-state index contributed by atoms with van der Waals surface area (Å²) in [5.41, 5.74) is 1.09. The Labute approximate surface area is 142 Å². The van der Waals surface area contributed by atoms with Crippen molar-refractivity contribution in [1.82, 2.24) is 9.80 Å². The Balaban J connectivity index is 1.35. The number of benzene rings is 1. The second-order valence-corrected chi connectivity index (χ2v) is 6.96. The number of imide groups is 1. The monoisotopic (exact) mass is 328 g/mol. The highest BCUT2D eigenvalue weighted by atomic mass is 16.5. The second-order valence-electron chi connectivity index (χ2n) is 6.96. The highest BCUT2D eigenvalue weighted by Crippen LogP contribution is 2.28. The molecule has 2 aliphatic heterocycles. The summed E-state index contributed by atoms with van der Waals surface area (Å²) in [5, 5.41) is 0. The van der Waals surface area contributed by atoms with Gasteiger partial charge in [0.25, 0.3) is 11.8 Å². The van der Waals surface area contributed by atoms with Crippen LogP contribution in [0.2, 0.25) is 0 Å². The maximum Gasteiger partial charge on any atom is 0.261 e. The van der Waals surface area contributed by atoms with Crippen LogP contribution in [0.15, 0.2) is 24.3 Å². The van der Waals surface area contributed by atoms with Gasteiger partial charge in [-0.05, 0) is 31.4 Å². The lowest BCUT2D eigenvalue weighted by atomic mass is 9.90. The molecule has 4 rings (SSSR count). The molecule has 0 bridgehead atoms. The normalized spacial score (nSPS) is 27.2. The van der Waals surface area contributed by atoms with Gasteiger partial charge in [-0.3, -0.25) is 19.4 Å². The van der Waals surface area contributed by atoms with E-state index in [9.17, 15) is 9.59 Å². The van der Waals surface area contributed by atoms with Gasteiger partial charge in [0, 0.05) is 25.7 Å². The SMILES string of the molecule is O=C1c2ccccc2C(=O)N1CCCN1CCO[C@H]2CCCC[C@H]21. The highest BCUT2D eigenvalue weighted by Gasteiger charge is 2.36. The molecule has 128 valence electrons. The highest BCUT2D eigenvalue weighted by molar-refractivity contribution is 6.21. The zero-order valence-electron chi connectivity index (χ0n) is 13.9. The van der Waals surface area contributed by atoms with Crippen molar-refractivity contribution in [3.63, 3.8) is 0 Å². The van der Waals surface area contributed by atoms with Crippen molar-refractivity contribution < 1.29 is 14.3 Å². The summed E-state index contributed by atoms with van der Waals surface area (Å²) in [5.74, 6) is -0.291. The lowest BCUT2D eigenvalue weighted by Crippen LogP contribution is -2.53. The van der Waals surface area contributed by atoms with Crippen LogP contribution in [0.5, 0.6) is 0 Å². The van der Waals surface area contributed by atoms with Gasteiger partial charge in [0.15, 0.2) is 0 Å². The molecular weight excluding hydrogens is 304 g/mol. The molecule has 2 heterocycles. The molecule has 0 aromatic heterocycles. The lowest BCUT2D eigenvalue weighted by Gasteiger charge is -2.44. The molecule has 0 unspecified atom stereocenters. The molecule has 1 saturated heterocycles. The van der Waals surface area contributed by atoms with Crippen LogP contribution in [0.4, 0.5) is 0 Å². The molecule has 2 amide bonds. The van der Waals surface area contributed by atoms with E-state index in [4.69, 9.17) is 4.74 Å². The van der Waals surface area contributed by atoms with Gasteiger partial charge >= 0.3 is 0 Å². The van der Waals surface area contributed by atoms with Crippen LogP contribution in [0, 0.1) is 0 Å². The van der Waals surface area contributed by atoms with Gasteiger partial charge in [-0.15, -0.1) is 0 Å². The summed E-state index contributed by atoms with van der Waals surface area (Å²) < 4.78 is 5.91. The Morgan fingerprint density at radius 3 is 2.46 bits per heavy atom. The third kappa shape index (κ3) is 2.76. The molecule has 24 heavy (non-hydrogen) atoms. The predicted molar refractivity (Wildman–Crippen MR) is 90.0 cm³/mol. The first kappa shape index (κ1) is 15.8. The number of ether oxygens (including phenoxy) is 1. The first-order chi connectivity index (χ1) is 11.8. The molecule has 0 N–H and O–H groups in total. The largest absolute Gasteiger partial charge is 0.375 e. The van der Waals surface area contributed by atoms with Crippen LogP contribution in [0.1, 0.15) is 52.8 Å². The Morgan fingerprint density at radius 2 is 1.71 bits per heavy atom. The smallest absolute Gasteiger partial charge is 0.261 e. The quantitative estimate of drug-likeness (QED) is 0.796. The number of carbonyl (C=O) groups excluding carboxylic acids is 2. The van der Waals surface area contributed by atoms with Crippen molar-refractivity contribution in [3.8, 4) is 0 Å². The van der Waals surface area contributed by atoms with E-state index in [1.807, 2.05) is 12.1 Å². The summed E-state index contributed by atoms with van der Waals surface area (Å²) in [6, 6.07) is 7.62. The molecule has 0 spiro atoms. The number of hydrogen-bond donors (Lipinski definition) is 0. The van der Waals surface area contributed by atoms with Crippen molar-refractivity contribution in [2.24, 2.45) is 0 Å². The van der Waals surface area contributed by atoms with E-state index in [0.717, 1.165) is 26.1 Å². The van der Waals surface area contributed by atoms with E-state index in [0.29, 0.717) is 29.8 Å². The molecule has 1 aliphatic carbocycles. The fourth-order valence-electron chi connectivity index (χ4n) is 4.33. The summed E-state index contributed by atoms with van der Waals surface area (Å²) >= 11 is 0. The van der Waals surface area contributed by atoms with E-state index in [-0.39, 0.29) is 11.8 Å². The predicted octanol–water partition coefficient (Wildman–Crippen LogP) is 2.32. The molecule has 5 heteroatoms.